The van der Waals surface area contributed by atoms with E-state index in [9.17, 15) is 4.79 Å². The molecule has 0 fully saturated rings. The Balaban J connectivity index is 1.63. The molecular formula is C23H31N5O2. The maximum absolute atomic E-state index is 13.0. The predicted octanol–water partition coefficient (Wildman–Crippen LogP) is 3.03. The fraction of sp³-hybridized carbons (Fsp3) is 0.435. The second-order valence-corrected chi connectivity index (χ2v) is 7.60. The van der Waals surface area contributed by atoms with Crippen LogP contribution >= 0.6 is 0 Å². The Kier molecular flexibility index (Phi) is 7.79. The number of carbonyl (C=O) groups excluding carboxylic acids is 1. The van der Waals surface area contributed by atoms with Crippen molar-refractivity contribution in [2.75, 3.05) is 20.7 Å². The van der Waals surface area contributed by atoms with Crippen LogP contribution in [-0.2, 0) is 13.0 Å². The van der Waals surface area contributed by atoms with Gasteiger partial charge in [-0.2, -0.15) is 10.2 Å². The van der Waals surface area contributed by atoms with Crippen molar-refractivity contribution in [1.29, 1.82) is 0 Å². The van der Waals surface area contributed by atoms with Crippen molar-refractivity contribution in [3.8, 4) is 5.75 Å². The average molecular weight is 410 g/mol. The topological polar surface area (TPSA) is 78.3 Å². The first-order chi connectivity index (χ1) is 14.6. The number of amides is 1. The molecule has 2 heterocycles. The number of methoxy groups -OCH3 is 1. The first kappa shape index (κ1) is 21.8. The maximum atomic E-state index is 13.0. The smallest absolute Gasteiger partial charge is 0.256 e. The molecule has 7 heteroatoms. The molecule has 7 nitrogen and oxygen atoms in total. The Morgan fingerprint density at radius 3 is 3.03 bits per heavy atom. The number of allylic oxidation sites excluding steroid dienone is 3. The van der Waals surface area contributed by atoms with Crippen LogP contribution in [0.5, 0.6) is 5.75 Å². The minimum Gasteiger partial charge on any atom is -0.496 e. The summed E-state index contributed by atoms with van der Waals surface area (Å²) in [5, 5.41) is 14.3. The Hall–Kier alpha value is -2.93. The minimum atomic E-state index is -0.337. The van der Waals surface area contributed by atoms with E-state index in [2.05, 4.69) is 39.7 Å². The zero-order chi connectivity index (χ0) is 21.3. The van der Waals surface area contributed by atoms with Gasteiger partial charge in [-0.05, 0) is 61.7 Å². The van der Waals surface area contributed by atoms with E-state index in [-0.39, 0.29) is 12.1 Å². The summed E-state index contributed by atoms with van der Waals surface area (Å²) in [4.78, 5) is 15.2. The molecule has 1 aromatic rings. The van der Waals surface area contributed by atoms with Crippen LogP contribution in [0.3, 0.4) is 0 Å². The van der Waals surface area contributed by atoms with Gasteiger partial charge in [-0.1, -0.05) is 19.4 Å². The summed E-state index contributed by atoms with van der Waals surface area (Å²) in [6.45, 7) is 3.99. The van der Waals surface area contributed by atoms with Crippen LogP contribution < -0.4 is 15.4 Å². The van der Waals surface area contributed by atoms with E-state index in [1.807, 2.05) is 36.6 Å². The van der Waals surface area contributed by atoms with Crippen molar-refractivity contribution in [1.82, 2.24) is 15.5 Å². The van der Waals surface area contributed by atoms with Gasteiger partial charge in [0, 0.05) is 19.3 Å². The summed E-state index contributed by atoms with van der Waals surface area (Å²) in [5.41, 5.74) is 3.76. The summed E-state index contributed by atoms with van der Waals surface area (Å²) < 4.78 is 5.50. The Bertz CT molecular complexity index is 873. The predicted molar refractivity (Wildman–Crippen MR) is 121 cm³/mol. The average Bonchev–Trinajstić information content (AvgIpc) is 2.75. The third-order valence-electron chi connectivity index (χ3n) is 5.19. The fourth-order valence-electron chi connectivity index (χ4n) is 3.50. The number of unbranched alkanes of at least 4 members (excludes halogenated alkanes) is 2. The lowest BCUT2D eigenvalue weighted by Gasteiger charge is -2.26. The molecule has 1 atom stereocenters. The van der Waals surface area contributed by atoms with E-state index < -0.39 is 0 Å². The van der Waals surface area contributed by atoms with Crippen molar-refractivity contribution in [2.24, 2.45) is 10.2 Å². The molecule has 1 unspecified atom stereocenters. The lowest BCUT2D eigenvalue weighted by molar-refractivity contribution is 0.0937. The number of nitrogens with one attached hydrogen (secondary N) is 2. The van der Waals surface area contributed by atoms with Crippen molar-refractivity contribution in [3.05, 3.63) is 52.7 Å². The summed E-state index contributed by atoms with van der Waals surface area (Å²) in [7, 11) is 3.69. The number of hydrogen-bond donors (Lipinski definition) is 2. The van der Waals surface area contributed by atoms with Crippen LogP contribution in [0, 0.1) is 0 Å². The van der Waals surface area contributed by atoms with Crippen molar-refractivity contribution >= 4 is 18.3 Å². The van der Waals surface area contributed by atoms with E-state index >= 15 is 0 Å². The zero-order valence-corrected chi connectivity index (χ0v) is 18.0. The second kappa shape index (κ2) is 10.7. The highest BCUT2D eigenvalue weighted by molar-refractivity contribution is 5.97. The van der Waals surface area contributed by atoms with Gasteiger partial charge in [-0.3, -0.25) is 4.79 Å². The van der Waals surface area contributed by atoms with Crippen molar-refractivity contribution in [2.45, 2.75) is 45.3 Å². The number of dihydropyridines is 1. The van der Waals surface area contributed by atoms with Gasteiger partial charge in [0.1, 0.15) is 11.9 Å². The number of benzene rings is 1. The molecule has 2 aliphatic rings. The lowest BCUT2D eigenvalue weighted by atomic mass is 9.96. The molecule has 1 amide bonds. The highest BCUT2D eigenvalue weighted by Crippen LogP contribution is 2.27. The molecule has 1 aromatic carbocycles. The standard InChI is InChI=1S/C23H31N5O2/c1-4-5-6-11-24-25-15-19-8-7-9-22(26-19)27-23(29)20-13-18-16-28(2)12-10-17(18)14-21(20)30-3/h7-9,11,13-15,22,26H,4-6,10,12,16H2,1-3H3,(H,27,29)/b24-11+,25-15+. The van der Waals surface area contributed by atoms with Crippen LogP contribution in [0.15, 0.2) is 46.3 Å². The number of hydrogen-bond acceptors (Lipinski definition) is 6. The molecular weight excluding hydrogens is 378 g/mol. The van der Waals surface area contributed by atoms with E-state index in [1.54, 1.807) is 13.3 Å². The number of ether oxygens (including phenoxy) is 1. The Morgan fingerprint density at radius 1 is 1.37 bits per heavy atom. The van der Waals surface area contributed by atoms with Gasteiger partial charge < -0.3 is 20.3 Å². The van der Waals surface area contributed by atoms with Gasteiger partial charge in [0.15, 0.2) is 0 Å². The highest BCUT2D eigenvalue weighted by atomic mass is 16.5. The number of nitrogens with zero attached hydrogens (tertiary/aromatic N) is 3. The first-order valence-corrected chi connectivity index (χ1v) is 10.5. The van der Waals surface area contributed by atoms with E-state index in [0.29, 0.717) is 11.3 Å². The fourth-order valence-corrected chi connectivity index (χ4v) is 3.50. The van der Waals surface area contributed by atoms with E-state index in [0.717, 1.165) is 44.5 Å². The van der Waals surface area contributed by atoms with Gasteiger partial charge in [0.05, 0.1) is 24.6 Å². The molecule has 0 aliphatic carbocycles. The number of likely N-dealkylation sites (N-methyl/N-ethyl adjacent to an activating group) is 1. The SMILES string of the molecule is CCCC/C=N/N=C/C1=CC=CC(NC(=O)c2cc3c(cc2OC)CCN(C)C3)N1. The monoisotopic (exact) mass is 409 g/mol. The number of fused-ring (bicyclic) bond motifs is 1. The molecule has 0 saturated carbocycles. The van der Waals surface area contributed by atoms with Gasteiger partial charge in [0.2, 0.25) is 0 Å². The van der Waals surface area contributed by atoms with E-state index in [4.69, 9.17) is 4.74 Å². The Labute approximate surface area is 178 Å². The summed E-state index contributed by atoms with van der Waals surface area (Å²) in [6, 6.07) is 3.95. The van der Waals surface area contributed by atoms with Crippen LogP contribution in [0.1, 0.15) is 47.7 Å². The molecule has 0 aromatic heterocycles. The molecule has 2 aliphatic heterocycles. The van der Waals surface area contributed by atoms with Gasteiger partial charge in [-0.15, -0.1) is 0 Å². The molecule has 0 saturated heterocycles. The largest absolute Gasteiger partial charge is 0.496 e. The minimum absolute atomic E-state index is 0.180. The maximum Gasteiger partial charge on any atom is 0.256 e. The van der Waals surface area contributed by atoms with Gasteiger partial charge >= 0.3 is 0 Å². The van der Waals surface area contributed by atoms with E-state index in [1.165, 1.54) is 11.1 Å². The normalized spacial score (nSPS) is 18.9. The van der Waals surface area contributed by atoms with Gasteiger partial charge in [-0.25, -0.2) is 0 Å². The first-order valence-electron chi connectivity index (χ1n) is 10.5. The van der Waals surface area contributed by atoms with Crippen LogP contribution in [0.2, 0.25) is 0 Å². The summed E-state index contributed by atoms with van der Waals surface area (Å²) >= 11 is 0. The highest BCUT2D eigenvalue weighted by Gasteiger charge is 2.21. The van der Waals surface area contributed by atoms with Crippen LogP contribution in [-0.4, -0.2) is 50.1 Å². The lowest BCUT2D eigenvalue weighted by Crippen LogP contribution is -2.45. The summed E-state index contributed by atoms with van der Waals surface area (Å²) in [5.74, 6) is 0.426. The quantitative estimate of drug-likeness (QED) is 0.393. The summed E-state index contributed by atoms with van der Waals surface area (Å²) in [6.07, 6.45) is 12.9. The van der Waals surface area contributed by atoms with Gasteiger partial charge in [0.25, 0.3) is 5.91 Å². The second-order valence-electron chi connectivity index (χ2n) is 7.60. The molecule has 3 rings (SSSR count). The van der Waals surface area contributed by atoms with Crippen molar-refractivity contribution in [3.63, 3.8) is 0 Å². The zero-order valence-electron chi connectivity index (χ0n) is 18.0. The third kappa shape index (κ3) is 5.79. The number of rotatable bonds is 8. The Morgan fingerprint density at radius 2 is 2.23 bits per heavy atom. The molecule has 0 bridgehead atoms. The molecule has 30 heavy (non-hydrogen) atoms. The third-order valence-corrected chi connectivity index (χ3v) is 5.19. The van der Waals surface area contributed by atoms with Crippen molar-refractivity contribution < 1.29 is 9.53 Å². The molecule has 0 radical (unpaired) electrons. The molecule has 2 N–H and O–H groups in total. The molecule has 160 valence electrons. The molecule has 0 spiro atoms. The van der Waals surface area contributed by atoms with Crippen LogP contribution in [0.4, 0.5) is 0 Å². The number of carbonyl (C=O) groups is 1. The van der Waals surface area contributed by atoms with Crippen LogP contribution in [0.25, 0.3) is 0 Å².